The van der Waals surface area contributed by atoms with E-state index in [9.17, 15) is 0 Å². The van der Waals surface area contributed by atoms with Crippen molar-refractivity contribution in [2.45, 2.75) is 33.6 Å². The van der Waals surface area contributed by atoms with E-state index in [4.69, 9.17) is 0 Å². The Morgan fingerprint density at radius 2 is 1.89 bits per heavy atom. The molecule has 0 aliphatic carbocycles. The second-order valence-electron chi connectivity index (χ2n) is 2.12. The van der Waals surface area contributed by atoms with Crippen molar-refractivity contribution in [3.05, 3.63) is 23.8 Å². The van der Waals surface area contributed by atoms with Gasteiger partial charge >= 0.3 is 0 Å². The molecule has 0 radical (unpaired) electrons. The summed E-state index contributed by atoms with van der Waals surface area (Å²) in [7, 11) is 0. The van der Waals surface area contributed by atoms with Gasteiger partial charge in [-0.2, -0.15) is 0 Å². The normalized spacial score (nSPS) is 11.7. The molecule has 52 valence electrons. The lowest BCUT2D eigenvalue weighted by Gasteiger charge is -2.03. The number of rotatable bonds is 3. The van der Waals surface area contributed by atoms with E-state index in [-0.39, 0.29) is 0 Å². The van der Waals surface area contributed by atoms with Gasteiger partial charge in [0, 0.05) is 0 Å². The Balaban J connectivity index is 3.97. The van der Waals surface area contributed by atoms with Crippen molar-refractivity contribution in [2.75, 3.05) is 0 Å². The second-order valence-corrected chi connectivity index (χ2v) is 2.12. The van der Waals surface area contributed by atoms with E-state index in [2.05, 4.69) is 33.4 Å². The predicted molar refractivity (Wildman–Crippen MR) is 43.5 cm³/mol. The van der Waals surface area contributed by atoms with Crippen LogP contribution in [0.2, 0.25) is 0 Å². The molecule has 0 atom stereocenters. The molecule has 0 nitrogen and oxygen atoms in total. The molecule has 0 aliphatic heterocycles. The van der Waals surface area contributed by atoms with E-state index < -0.39 is 0 Å². The minimum Gasteiger partial charge on any atom is -0.0956 e. The zero-order chi connectivity index (χ0) is 7.28. The summed E-state index contributed by atoms with van der Waals surface area (Å²) < 4.78 is 0. The molecule has 0 unspecified atom stereocenters. The molecule has 0 heteroatoms. The fourth-order valence-electron chi connectivity index (χ4n) is 0.885. The maximum Gasteiger partial charge on any atom is -0.0308 e. The third-order valence-corrected chi connectivity index (χ3v) is 1.61. The molecule has 0 spiro atoms. The highest BCUT2D eigenvalue weighted by atomic mass is 14.0. The van der Waals surface area contributed by atoms with Crippen LogP contribution >= 0.6 is 0 Å². The van der Waals surface area contributed by atoms with Gasteiger partial charge in [-0.25, -0.2) is 0 Å². The Hall–Kier alpha value is -0.520. The maximum atomic E-state index is 3.95. The van der Waals surface area contributed by atoms with Gasteiger partial charge in [-0.15, -0.1) is 0 Å². The summed E-state index contributed by atoms with van der Waals surface area (Å²) in [6, 6.07) is 0. The van der Waals surface area contributed by atoms with Crippen molar-refractivity contribution in [2.24, 2.45) is 0 Å². The third kappa shape index (κ3) is 2.50. The van der Waals surface area contributed by atoms with Crippen LogP contribution in [0.4, 0.5) is 0 Å². The van der Waals surface area contributed by atoms with E-state index >= 15 is 0 Å². The highest BCUT2D eigenvalue weighted by Crippen LogP contribution is 2.13. The van der Waals surface area contributed by atoms with Gasteiger partial charge in [0.1, 0.15) is 0 Å². The molecule has 0 N–H and O–H groups in total. The Morgan fingerprint density at radius 3 is 2.00 bits per heavy atom. The molecule has 0 bridgehead atoms. The molecule has 0 saturated heterocycles. The Bertz CT molecular complexity index is 118. The van der Waals surface area contributed by atoms with Gasteiger partial charge in [0.25, 0.3) is 0 Å². The van der Waals surface area contributed by atoms with E-state index in [0.29, 0.717) is 0 Å². The van der Waals surface area contributed by atoms with Gasteiger partial charge in [0.15, 0.2) is 0 Å². The molecule has 0 amide bonds. The van der Waals surface area contributed by atoms with Crippen molar-refractivity contribution < 1.29 is 0 Å². The molecule has 0 aliphatic rings. The van der Waals surface area contributed by atoms with Crippen LogP contribution < -0.4 is 0 Å². The van der Waals surface area contributed by atoms with E-state index in [1.54, 1.807) is 0 Å². The standard InChI is InChI=1S/C9H16/c1-5-8(4)9(6-2)7-3/h6H,4-5,7H2,1-3H3/b9-6-. The average Bonchev–Trinajstić information content (AvgIpc) is 1.90. The van der Waals surface area contributed by atoms with Crippen molar-refractivity contribution in [3.8, 4) is 0 Å². The first-order chi connectivity index (χ1) is 4.26. The first-order valence-electron chi connectivity index (χ1n) is 3.59. The smallest absolute Gasteiger partial charge is 0.0308 e. The molecule has 0 heterocycles. The lowest BCUT2D eigenvalue weighted by molar-refractivity contribution is 1.03. The van der Waals surface area contributed by atoms with Crippen LogP contribution in [-0.4, -0.2) is 0 Å². The summed E-state index contributed by atoms with van der Waals surface area (Å²) in [5.74, 6) is 0. The van der Waals surface area contributed by atoms with Crippen molar-refractivity contribution in [3.63, 3.8) is 0 Å². The van der Waals surface area contributed by atoms with Crippen LogP contribution in [0.1, 0.15) is 33.6 Å². The van der Waals surface area contributed by atoms with E-state index in [1.807, 2.05) is 0 Å². The van der Waals surface area contributed by atoms with Crippen LogP contribution in [0.15, 0.2) is 23.8 Å². The summed E-state index contributed by atoms with van der Waals surface area (Å²) in [4.78, 5) is 0. The van der Waals surface area contributed by atoms with Crippen molar-refractivity contribution >= 4 is 0 Å². The molecule has 0 saturated carbocycles. The van der Waals surface area contributed by atoms with Gasteiger partial charge in [-0.3, -0.25) is 0 Å². The SMILES string of the molecule is C=C(CC)/C(=C\C)CC. The first-order valence-corrected chi connectivity index (χ1v) is 3.59. The fraction of sp³-hybridized carbons (Fsp3) is 0.556. The molecule has 0 rings (SSSR count). The van der Waals surface area contributed by atoms with Gasteiger partial charge in [-0.05, 0) is 25.3 Å². The summed E-state index contributed by atoms with van der Waals surface area (Å²) >= 11 is 0. The van der Waals surface area contributed by atoms with Crippen LogP contribution in [0.5, 0.6) is 0 Å². The molecule has 9 heavy (non-hydrogen) atoms. The molecular weight excluding hydrogens is 108 g/mol. The topological polar surface area (TPSA) is 0 Å². The van der Waals surface area contributed by atoms with E-state index in [0.717, 1.165) is 12.8 Å². The van der Waals surface area contributed by atoms with Gasteiger partial charge in [0.2, 0.25) is 0 Å². The van der Waals surface area contributed by atoms with Gasteiger partial charge < -0.3 is 0 Å². The zero-order valence-electron chi connectivity index (χ0n) is 6.70. The Morgan fingerprint density at radius 1 is 1.33 bits per heavy atom. The molecule has 0 aromatic heterocycles. The van der Waals surface area contributed by atoms with Gasteiger partial charge in [0.05, 0.1) is 0 Å². The van der Waals surface area contributed by atoms with Crippen LogP contribution in [0, 0.1) is 0 Å². The quantitative estimate of drug-likeness (QED) is 0.506. The minimum atomic E-state index is 1.08. The number of hydrogen-bond acceptors (Lipinski definition) is 0. The monoisotopic (exact) mass is 124 g/mol. The minimum absolute atomic E-state index is 1.08. The number of hydrogen-bond donors (Lipinski definition) is 0. The van der Waals surface area contributed by atoms with Crippen molar-refractivity contribution in [1.82, 2.24) is 0 Å². The fourth-order valence-corrected chi connectivity index (χ4v) is 0.885. The third-order valence-electron chi connectivity index (χ3n) is 1.61. The summed E-state index contributed by atoms with van der Waals surface area (Å²) in [6.45, 7) is 10.3. The lowest BCUT2D eigenvalue weighted by Crippen LogP contribution is -1.82. The Kier molecular flexibility index (Phi) is 4.12. The summed E-state index contributed by atoms with van der Waals surface area (Å²) in [5, 5.41) is 0. The molecular formula is C9H16. The van der Waals surface area contributed by atoms with Crippen LogP contribution in [0.3, 0.4) is 0 Å². The molecule has 0 fully saturated rings. The second kappa shape index (κ2) is 4.37. The molecule has 0 aromatic rings. The summed E-state index contributed by atoms with van der Waals surface area (Å²) in [5.41, 5.74) is 2.68. The highest BCUT2D eigenvalue weighted by Gasteiger charge is 1.93. The maximum absolute atomic E-state index is 3.95. The predicted octanol–water partition coefficient (Wildman–Crippen LogP) is 3.31. The van der Waals surface area contributed by atoms with Crippen LogP contribution in [-0.2, 0) is 0 Å². The van der Waals surface area contributed by atoms with Crippen LogP contribution in [0.25, 0.3) is 0 Å². The Labute approximate surface area is 58.3 Å². The zero-order valence-corrected chi connectivity index (χ0v) is 6.70. The van der Waals surface area contributed by atoms with E-state index in [1.165, 1.54) is 11.1 Å². The average molecular weight is 124 g/mol. The largest absolute Gasteiger partial charge is 0.0956 e. The molecule has 0 aromatic carbocycles. The first kappa shape index (κ1) is 8.48. The van der Waals surface area contributed by atoms with Gasteiger partial charge in [-0.1, -0.05) is 32.1 Å². The summed E-state index contributed by atoms with van der Waals surface area (Å²) in [6.07, 6.45) is 4.34. The van der Waals surface area contributed by atoms with Crippen molar-refractivity contribution in [1.29, 1.82) is 0 Å². The highest BCUT2D eigenvalue weighted by molar-refractivity contribution is 5.26. The lowest BCUT2D eigenvalue weighted by atomic mass is 10.0. The number of allylic oxidation sites excluding steroid dienone is 3.